The first kappa shape index (κ1) is 25.8. The van der Waals surface area contributed by atoms with Crippen LogP contribution in [0.4, 0.5) is 0 Å². The summed E-state index contributed by atoms with van der Waals surface area (Å²) in [4.78, 5) is 35.3. The van der Waals surface area contributed by atoms with Crippen LogP contribution in [0, 0.1) is 28.6 Å². The van der Waals surface area contributed by atoms with Crippen LogP contribution in [0.1, 0.15) is 52.9 Å². The number of alkyl halides is 2. The fraction of sp³-hybridized carbons (Fsp3) is 0.720. The van der Waals surface area contributed by atoms with Crippen molar-refractivity contribution in [2.24, 2.45) is 28.6 Å². The minimum atomic E-state index is -2.12. The fourth-order valence-electron chi connectivity index (χ4n) is 7.65. The summed E-state index contributed by atoms with van der Waals surface area (Å²) >= 11 is 14.4. The Bertz CT molecular complexity index is 994. The second-order valence-corrected chi connectivity index (χ2v) is 12.1. The molecule has 34 heavy (non-hydrogen) atoms. The smallest absolute Gasteiger partial charge is 0.303 e. The number of fused-ring (bicyclic) bond motifs is 5. The molecule has 0 aromatic heterocycles. The van der Waals surface area contributed by atoms with Crippen molar-refractivity contribution in [2.45, 2.75) is 80.9 Å². The van der Waals surface area contributed by atoms with Gasteiger partial charge in [0.1, 0.15) is 11.7 Å². The van der Waals surface area contributed by atoms with Gasteiger partial charge < -0.3 is 20.4 Å². The van der Waals surface area contributed by atoms with Gasteiger partial charge in [-0.05, 0) is 55.6 Å². The van der Waals surface area contributed by atoms with Gasteiger partial charge in [0.2, 0.25) is 0 Å². The quantitative estimate of drug-likeness (QED) is 0.414. The largest absolute Gasteiger partial charge is 0.481 e. The molecule has 0 aliphatic heterocycles. The van der Waals surface area contributed by atoms with E-state index in [1.165, 1.54) is 6.08 Å². The van der Waals surface area contributed by atoms with E-state index in [9.17, 15) is 29.7 Å². The Morgan fingerprint density at radius 2 is 1.91 bits per heavy atom. The van der Waals surface area contributed by atoms with E-state index in [0.29, 0.717) is 19.3 Å². The Balaban J connectivity index is 1.79. The van der Waals surface area contributed by atoms with Crippen LogP contribution in [0.3, 0.4) is 0 Å². The maximum atomic E-state index is 13.4. The highest BCUT2D eigenvalue weighted by atomic mass is 35.5. The van der Waals surface area contributed by atoms with E-state index >= 15 is 0 Å². The van der Waals surface area contributed by atoms with Crippen molar-refractivity contribution in [2.75, 3.05) is 0 Å². The van der Waals surface area contributed by atoms with E-state index in [1.807, 2.05) is 6.92 Å². The van der Waals surface area contributed by atoms with Crippen LogP contribution in [-0.4, -0.2) is 66.0 Å². The number of halogens is 2. The Morgan fingerprint density at radius 3 is 2.53 bits per heavy atom. The normalized spacial score (nSPS) is 48.4. The molecule has 0 radical (unpaired) electrons. The van der Waals surface area contributed by atoms with Crippen LogP contribution in [0.2, 0.25) is 0 Å². The molecule has 0 amide bonds. The molecule has 3 fully saturated rings. The second kappa shape index (κ2) is 8.13. The molecular weight excluding hydrogens is 483 g/mol. The number of allylic oxidation sites excluding steroid dienone is 4. The van der Waals surface area contributed by atoms with E-state index < -0.39 is 68.9 Å². The lowest BCUT2D eigenvalue weighted by Crippen LogP contribution is -2.74. The molecule has 10 atom stereocenters. The average Bonchev–Trinajstić information content (AvgIpc) is 2.99. The summed E-state index contributed by atoms with van der Waals surface area (Å²) in [6, 6.07) is 0. The molecule has 0 aromatic rings. The summed E-state index contributed by atoms with van der Waals surface area (Å²) in [6.07, 6.45) is 2.51. The highest BCUT2D eigenvalue weighted by Gasteiger charge is 2.78. The van der Waals surface area contributed by atoms with Gasteiger partial charge in [-0.2, -0.15) is 0 Å². The average molecular weight is 515 g/mol. The first-order valence-corrected chi connectivity index (χ1v) is 12.6. The van der Waals surface area contributed by atoms with Gasteiger partial charge in [0.05, 0.1) is 16.4 Å². The number of aliphatic carboxylic acids is 1. The molecule has 4 rings (SSSR count). The van der Waals surface area contributed by atoms with Gasteiger partial charge >= 0.3 is 5.97 Å². The first-order chi connectivity index (χ1) is 15.7. The van der Waals surface area contributed by atoms with Crippen molar-refractivity contribution in [3.8, 4) is 0 Å². The molecule has 4 aliphatic rings. The van der Waals surface area contributed by atoms with Crippen LogP contribution < -0.4 is 0 Å². The monoisotopic (exact) mass is 514 g/mol. The molecule has 4 aliphatic carbocycles. The summed E-state index contributed by atoms with van der Waals surface area (Å²) in [5.74, 6) is -3.47. The van der Waals surface area contributed by atoms with Crippen molar-refractivity contribution >= 4 is 40.7 Å². The Kier molecular flexibility index (Phi) is 6.18. The second-order valence-electron chi connectivity index (χ2n) is 11.0. The van der Waals surface area contributed by atoms with Crippen LogP contribution in [0.25, 0.3) is 0 Å². The van der Waals surface area contributed by atoms with Gasteiger partial charge in [0, 0.05) is 17.3 Å². The number of Topliss-reactive ketones (excluding diaryl/α,β-unsaturated/α-hetero) is 1. The number of aliphatic hydroxyl groups excluding tert-OH is 2. The van der Waals surface area contributed by atoms with Crippen LogP contribution >= 0.6 is 23.2 Å². The van der Waals surface area contributed by atoms with Crippen LogP contribution in [0.5, 0.6) is 0 Å². The van der Waals surface area contributed by atoms with Gasteiger partial charge in [-0.25, -0.2) is 0 Å². The third kappa shape index (κ3) is 3.03. The summed E-state index contributed by atoms with van der Waals surface area (Å²) in [5.41, 5.74) is -3.46. The predicted octanol–water partition coefficient (Wildman–Crippen LogP) is 2.62. The fourth-order valence-corrected chi connectivity index (χ4v) is 8.86. The van der Waals surface area contributed by atoms with E-state index in [2.05, 4.69) is 0 Å². The molecular formula is C25H32Cl2O7. The molecule has 0 spiro atoms. The maximum Gasteiger partial charge on any atom is 0.303 e. The van der Waals surface area contributed by atoms with Crippen molar-refractivity contribution in [1.29, 1.82) is 0 Å². The van der Waals surface area contributed by atoms with Crippen molar-refractivity contribution in [3.63, 3.8) is 0 Å². The number of rotatable bonds is 5. The lowest BCUT2D eigenvalue weighted by Gasteiger charge is -2.65. The molecule has 4 N–H and O–H groups in total. The molecule has 188 valence electrons. The van der Waals surface area contributed by atoms with E-state index in [-0.39, 0.29) is 18.1 Å². The Morgan fingerprint density at radius 1 is 1.26 bits per heavy atom. The Hall–Kier alpha value is -1.25. The van der Waals surface area contributed by atoms with E-state index in [0.717, 1.165) is 5.57 Å². The number of hydrogen-bond acceptors (Lipinski definition) is 6. The minimum Gasteiger partial charge on any atom is -0.481 e. The summed E-state index contributed by atoms with van der Waals surface area (Å²) < 4.78 is 0. The molecule has 1 unspecified atom stereocenters. The number of carbonyl (C=O) groups excluding carboxylic acids is 2. The highest BCUT2D eigenvalue weighted by molar-refractivity contribution is 6.34. The predicted molar refractivity (Wildman–Crippen MR) is 126 cm³/mol. The van der Waals surface area contributed by atoms with Crippen molar-refractivity contribution in [1.82, 2.24) is 0 Å². The molecule has 0 heterocycles. The van der Waals surface area contributed by atoms with Crippen molar-refractivity contribution < 1.29 is 34.8 Å². The number of aliphatic hydroxyl groups is 3. The zero-order valence-electron chi connectivity index (χ0n) is 19.5. The summed E-state index contributed by atoms with van der Waals surface area (Å²) in [5, 5.41) is 42.0. The standard InChI is InChI=1S/C25H32Cl2O7/c1-12-10-16-15-5-4-13-11-14(28)8-9-22(13,2)24(15,27)19(26)21(33)23(16,3)25(12,34)20(32)17(29)6-7-18(30)31/h8-9,11-12,15-17,19,21,29,33-34H,4-7,10H2,1-3H3,(H,30,31)/t12-,15-,16-,17?,19-,21-,22-,23+,24-,25-/m0/s1. The van der Waals surface area contributed by atoms with Crippen LogP contribution in [0.15, 0.2) is 23.8 Å². The van der Waals surface area contributed by atoms with Gasteiger partial charge in [-0.15, -0.1) is 23.2 Å². The SMILES string of the molecule is C[C@H]1C[C@H]2[C@@H]3CCC4=CC(=O)C=C[C@]4(C)[C@@]3(Cl)[C@@H](Cl)[C@H](O)[C@]2(C)[C@@]1(O)C(=O)C(O)CCC(=O)O. The maximum absolute atomic E-state index is 13.4. The zero-order chi connectivity index (χ0) is 25.4. The third-order valence-corrected chi connectivity index (χ3v) is 11.2. The van der Waals surface area contributed by atoms with E-state index in [1.54, 1.807) is 26.0 Å². The minimum absolute atomic E-state index is 0.122. The zero-order valence-corrected chi connectivity index (χ0v) is 21.0. The molecule has 7 nitrogen and oxygen atoms in total. The molecule has 9 heteroatoms. The lowest BCUT2D eigenvalue weighted by molar-refractivity contribution is -0.197. The number of ketones is 2. The first-order valence-electron chi connectivity index (χ1n) is 11.8. The van der Waals surface area contributed by atoms with Gasteiger partial charge in [-0.1, -0.05) is 32.4 Å². The number of carbonyl (C=O) groups is 3. The summed E-state index contributed by atoms with van der Waals surface area (Å²) in [7, 11) is 0. The summed E-state index contributed by atoms with van der Waals surface area (Å²) in [6.45, 7) is 5.25. The number of hydrogen-bond donors (Lipinski definition) is 4. The molecule has 0 bridgehead atoms. The van der Waals surface area contributed by atoms with Gasteiger partial charge in [0.25, 0.3) is 0 Å². The number of carboxylic acids is 1. The van der Waals surface area contributed by atoms with Crippen molar-refractivity contribution in [3.05, 3.63) is 23.8 Å². The highest BCUT2D eigenvalue weighted by Crippen LogP contribution is 2.72. The molecule has 3 saturated carbocycles. The van der Waals surface area contributed by atoms with Gasteiger partial charge in [0.15, 0.2) is 11.6 Å². The van der Waals surface area contributed by atoms with Crippen LogP contribution in [-0.2, 0) is 14.4 Å². The Labute approximate surface area is 208 Å². The molecule has 0 aromatic carbocycles. The van der Waals surface area contributed by atoms with Gasteiger partial charge in [-0.3, -0.25) is 14.4 Å². The van der Waals surface area contributed by atoms with E-state index in [4.69, 9.17) is 28.3 Å². The topological polar surface area (TPSA) is 132 Å². The lowest BCUT2D eigenvalue weighted by atomic mass is 9.45. The third-order valence-electron chi connectivity index (χ3n) is 9.63. The molecule has 0 saturated heterocycles. The number of carboxylic acid groups (broad SMARTS) is 1.